The normalized spacial score (nSPS) is 28.0. The molecule has 2 unspecified atom stereocenters. The third kappa shape index (κ3) is 2.53. The zero-order valence-electron chi connectivity index (χ0n) is 9.57. The first-order valence-electron chi connectivity index (χ1n) is 5.48. The van der Waals surface area contributed by atoms with E-state index in [2.05, 4.69) is 12.2 Å². The van der Waals surface area contributed by atoms with Gasteiger partial charge in [-0.1, -0.05) is 30.7 Å². The van der Waals surface area contributed by atoms with E-state index in [-0.39, 0.29) is 5.91 Å². The highest BCUT2D eigenvalue weighted by molar-refractivity contribution is 8.00. The Hall–Kier alpha value is -0.870. The van der Waals surface area contributed by atoms with Crippen molar-refractivity contribution in [1.29, 1.82) is 0 Å². The highest BCUT2D eigenvalue weighted by Crippen LogP contribution is 2.37. The Morgan fingerprint density at radius 2 is 2.29 bits per heavy atom. The first-order valence-corrected chi connectivity index (χ1v) is 6.90. The number of anilines is 1. The summed E-state index contributed by atoms with van der Waals surface area (Å²) in [6.07, 6.45) is 0.734. The lowest BCUT2D eigenvalue weighted by molar-refractivity contribution is -0.121. The number of benzene rings is 1. The minimum Gasteiger partial charge on any atom is -0.369 e. The van der Waals surface area contributed by atoms with Crippen molar-refractivity contribution in [3.63, 3.8) is 0 Å². The monoisotopic (exact) mass is 270 g/mol. The van der Waals surface area contributed by atoms with Crippen molar-refractivity contribution < 1.29 is 4.79 Å². The van der Waals surface area contributed by atoms with Gasteiger partial charge in [-0.2, -0.15) is 11.8 Å². The Bertz CT molecular complexity index is 440. The molecule has 17 heavy (non-hydrogen) atoms. The van der Waals surface area contributed by atoms with Gasteiger partial charge in [0.1, 0.15) is 5.54 Å². The molecule has 1 amide bonds. The van der Waals surface area contributed by atoms with Gasteiger partial charge in [0.25, 0.3) is 0 Å². The lowest BCUT2D eigenvalue weighted by Crippen LogP contribution is -2.51. The van der Waals surface area contributed by atoms with E-state index in [9.17, 15) is 4.79 Å². The maximum absolute atomic E-state index is 11.7. The fourth-order valence-electron chi connectivity index (χ4n) is 2.03. The first-order chi connectivity index (χ1) is 8.03. The Balaban J connectivity index is 2.26. The second kappa shape index (κ2) is 4.78. The minimum atomic E-state index is -0.672. The molecule has 2 atom stereocenters. The quantitative estimate of drug-likeness (QED) is 0.887. The summed E-state index contributed by atoms with van der Waals surface area (Å²) in [5, 5.41) is 4.26. The second-order valence-corrected chi connectivity index (χ2v) is 6.21. The van der Waals surface area contributed by atoms with Crippen LogP contribution < -0.4 is 11.1 Å². The smallest absolute Gasteiger partial charge is 0.244 e. The molecule has 3 nitrogen and oxygen atoms in total. The predicted octanol–water partition coefficient (Wildman–Crippen LogP) is 2.50. The molecule has 3 N–H and O–H groups in total. The summed E-state index contributed by atoms with van der Waals surface area (Å²) in [5.41, 5.74) is 5.63. The van der Waals surface area contributed by atoms with Crippen molar-refractivity contribution in [2.45, 2.75) is 24.1 Å². The number of hydrogen-bond acceptors (Lipinski definition) is 3. The molecule has 1 aromatic rings. The van der Waals surface area contributed by atoms with Gasteiger partial charge < -0.3 is 11.1 Å². The number of rotatable bonds is 3. The molecule has 1 aromatic carbocycles. The van der Waals surface area contributed by atoms with Crippen LogP contribution in [0.15, 0.2) is 24.3 Å². The number of carbonyl (C=O) groups excluding carboxylic acids is 1. The van der Waals surface area contributed by atoms with Gasteiger partial charge in [0.15, 0.2) is 0 Å². The van der Waals surface area contributed by atoms with Gasteiger partial charge in [-0.25, -0.2) is 0 Å². The lowest BCUT2D eigenvalue weighted by Gasteiger charge is -2.28. The van der Waals surface area contributed by atoms with Gasteiger partial charge in [-0.15, -0.1) is 0 Å². The van der Waals surface area contributed by atoms with Crippen molar-refractivity contribution in [3.05, 3.63) is 29.3 Å². The van der Waals surface area contributed by atoms with E-state index in [1.165, 1.54) is 0 Å². The molecule has 2 rings (SSSR count). The van der Waals surface area contributed by atoms with E-state index < -0.39 is 5.54 Å². The third-order valence-electron chi connectivity index (χ3n) is 2.97. The van der Waals surface area contributed by atoms with Crippen LogP contribution in [0.5, 0.6) is 0 Å². The molecule has 0 spiro atoms. The van der Waals surface area contributed by atoms with E-state index in [4.69, 9.17) is 17.3 Å². The fraction of sp³-hybridized carbons (Fsp3) is 0.417. The maximum atomic E-state index is 11.7. The summed E-state index contributed by atoms with van der Waals surface area (Å²) in [7, 11) is 0. The van der Waals surface area contributed by atoms with E-state index in [1.807, 2.05) is 18.2 Å². The Kier molecular flexibility index (Phi) is 3.54. The molecule has 0 aliphatic carbocycles. The van der Waals surface area contributed by atoms with Crippen LogP contribution in [0, 0.1) is 0 Å². The number of hydrogen-bond donors (Lipinski definition) is 2. The van der Waals surface area contributed by atoms with Crippen LogP contribution in [-0.4, -0.2) is 22.4 Å². The van der Waals surface area contributed by atoms with Gasteiger partial charge in [-0.05, 0) is 18.6 Å². The highest BCUT2D eigenvalue weighted by Gasteiger charge is 2.43. The van der Waals surface area contributed by atoms with Gasteiger partial charge in [0.05, 0.1) is 10.7 Å². The predicted molar refractivity (Wildman–Crippen MR) is 73.5 cm³/mol. The molecular formula is C12H15ClN2OS. The van der Waals surface area contributed by atoms with Gasteiger partial charge in [0.2, 0.25) is 5.91 Å². The summed E-state index contributed by atoms with van der Waals surface area (Å²) in [6.45, 7) is 2.10. The zero-order valence-corrected chi connectivity index (χ0v) is 11.1. The van der Waals surface area contributed by atoms with Crippen molar-refractivity contribution >= 4 is 35.0 Å². The SMILES string of the molecule is CC1CC(Nc2ccccc2Cl)(C(N)=O)CS1. The van der Waals surface area contributed by atoms with Crippen LogP contribution >= 0.6 is 23.4 Å². The molecule has 92 valence electrons. The van der Waals surface area contributed by atoms with Crippen LogP contribution in [0.4, 0.5) is 5.69 Å². The molecule has 0 bridgehead atoms. The molecule has 1 fully saturated rings. The average Bonchev–Trinajstić information content (AvgIpc) is 2.65. The largest absolute Gasteiger partial charge is 0.369 e. The number of carbonyl (C=O) groups is 1. The van der Waals surface area contributed by atoms with E-state index in [0.29, 0.717) is 16.0 Å². The number of primary amides is 1. The van der Waals surface area contributed by atoms with Crippen molar-refractivity contribution in [2.24, 2.45) is 5.73 Å². The number of nitrogens with two attached hydrogens (primary N) is 1. The number of halogens is 1. The van der Waals surface area contributed by atoms with Crippen molar-refractivity contribution in [3.8, 4) is 0 Å². The van der Waals surface area contributed by atoms with E-state index >= 15 is 0 Å². The Labute approximate surface area is 110 Å². The maximum Gasteiger partial charge on any atom is 0.244 e. The fourth-order valence-corrected chi connectivity index (χ4v) is 3.52. The third-order valence-corrected chi connectivity index (χ3v) is 4.69. The van der Waals surface area contributed by atoms with Crippen LogP contribution in [0.3, 0.4) is 0 Å². The molecule has 5 heteroatoms. The number of para-hydroxylation sites is 1. The summed E-state index contributed by atoms with van der Waals surface area (Å²) in [5.74, 6) is 0.378. The van der Waals surface area contributed by atoms with Crippen molar-refractivity contribution in [1.82, 2.24) is 0 Å². The summed E-state index contributed by atoms with van der Waals surface area (Å²) in [6, 6.07) is 7.40. The number of thioether (sulfide) groups is 1. The average molecular weight is 271 g/mol. The first kappa shape index (κ1) is 12.6. The second-order valence-electron chi connectivity index (χ2n) is 4.38. The molecule has 1 heterocycles. The van der Waals surface area contributed by atoms with Gasteiger partial charge in [0, 0.05) is 11.0 Å². The molecular weight excluding hydrogens is 256 g/mol. The summed E-state index contributed by atoms with van der Waals surface area (Å²) in [4.78, 5) is 11.7. The Morgan fingerprint density at radius 1 is 1.59 bits per heavy atom. The molecule has 1 aliphatic heterocycles. The molecule has 0 radical (unpaired) electrons. The summed E-state index contributed by atoms with van der Waals surface area (Å²) >= 11 is 7.84. The lowest BCUT2D eigenvalue weighted by atomic mass is 9.95. The molecule has 1 aliphatic rings. The number of nitrogens with one attached hydrogen (secondary N) is 1. The molecule has 0 saturated carbocycles. The minimum absolute atomic E-state index is 0.311. The topological polar surface area (TPSA) is 55.1 Å². The van der Waals surface area contributed by atoms with Crippen LogP contribution in [0.2, 0.25) is 5.02 Å². The highest BCUT2D eigenvalue weighted by atomic mass is 35.5. The van der Waals surface area contributed by atoms with Crippen LogP contribution in [-0.2, 0) is 4.79 Å². The van der Waals surface area contributed by atoms with E-state index in [1.54, 1.807) is 17.8 Å². The van der Waals surface area contributed by atoms with Crippen LogP contribution in [0.25, 0.3) is 0 Å². The van der Waals surface area contributed by atoms with Gasteiger partial charge in [-0.3, -0.25) is 4.79 Å². The van der Waals surface area contributed by atoms with E-state index in [0.717, 1.165) is 12.1 Å². The zero-order chi connectivity index (χ0) is 12.5. The molecule has 0 aromatic heterocycles. The summed E-state index contributed by atoms with van der Waals surface area (Å²) < 4.78 is 0. The standard InChI is InChI=1S/C12H15ClN2OS/c1-8-6-12(7-17-8,11(14)16)15-10-5-3-2-4-9(10)13/h2-5,8,15H,6-7H2,1H3,(H2,14,16). The molecule has 1 saturated heterocycles. The number of amides is 1. The van der Waals surface area contributed by atoms with Crippen LogP contribution in [0.1, 0.15) is 13.3 Å². The Morgan fingerprint density at radius 3 is 2.82 bits per heavy atom. The van der Waals surface area contributed by atoms with Crippen molar-refractivity contribution in [2.75, 3.05) is 11.1 Å². The van der Waals surface area contributed by atoms with Gasteiger partial charge >= 0.3 is 0 Å².